The Bertz CT molecular complexity index is 1260. The molecule has 3 aromatic rings. The fraction of sp³-hybridized carbons (Fsp3) is 0.562. The van der Waals surface area contributed by atoms with Gasteiger partial charge in [0.05, 0.1) is 38.2 Å². The highest BCUT2D eigenvalue weighted by Crippen LogP contribution is 2.54. The number of ether oxygens (including phenoxy) is 1. The van der Waals surface area contributed by atoms with Crippen molar-refractivity contribution in [3.05, 3.63) is 65.2 Å². The van der Waals surface area contributed by atoms with Gasteiger partial charge >= 0.3 is 0 Å². The lowest BCUT2D eigenvalue weighted by molar-refractivity contribution is -0.891. The fourth-order valence-electron chi connectivity index (χ4n) is 6.92. The van der Waals surface area contributed by atoms with Crippen molar-refractivity contribution in [2.45, 2.75) is 58.3 Å². The normalized spacial score (nSPS) is 19.7. The summed E-state index contributed by atoms with van der Waals surface area (Å²) in [5, 5.41) is 0. The molecule has 1 aromatic heterocycles. The van der Waals surface area contributed by atoms with E-state index >= 15 is 0 Å². The Morgan fingerprint density at radius 2 is 1.97 bits per heavy atom. The van der Waals surface area contributed by atoms with Gasteiger partial charge in [-0.05, 0) is 65.5 Å². The number of halogens is 1. The predicted molar refractivity (Wildman–Crippen MR) is 152 cm³/mol. The van der Waals surface area contributed by atoms with Gasteiger partial charge in [0.25, 0.3) is 0 Å². The van der Waals surface area contributed by atoms with Crippen LogP contribution in [0.3, 0.4) is 0 Å². The number of fused-ring (bicyclic) bond motifs is 2. The number of rotatable bonds is 12. The summed E-state index contributed by atoms with van der Waals surface area (Å²) < 4.78 is 22.4. The number of hydrogen-bond acceptors (Lipinski definition) is 3. The fourth-order valence-corrected chi connectivity index (χ4v) is 6.92. The van der Waals surface area contributed by atoms with Crippen LogP contribution in [0.1, 0.15) is 62.4 Å². The van der Waals surface area contributed by atoms with E-state index in [1.54, 1.807) is 19.2 Å². The smallest absolute Gasteiger partial charge is 0.159 e. The SMILES string of the molecule is COCC(=O)CC1(CC[N+](C)(C)CCCc2nc3ccccc3n2C)CCc2cc(F)ccc2C1C(C)C. The van der Waals surface area contributed by atoms with Crippen LogP contribution in [0.2, 0.25) is 0 Å². The Kier molecular flexibility index (Phi) is 8.73. The van der Waals surface area contributed by atoms with E-state index in [-0.39, 0.29) is 29.5 Å². The monoisotopic (exact) mass is 522 g/mol. The van der Waals surface area contributed by atoms with Gasteiger partial charge in [-0.25, -0.2) is 9.37 Å². The maximum Gasteiger partial charge on any atom is 0.159 e. The lowest BCUT2D eigenvalue weighted by Gasteiger charge is -2.48. The van der Waals surface area contributed by atoms with Gasteiger partial charge in [-0.3, -0.25) is 4.79 Å². The maximum absolute atomic E-state index is 14.1. The number of methoxy groups -OCH3 is 1. The molecule has 5 nitrogen and oxygen atoms in total. The lowest BCUT2D eigenvalue weighted by atomic mass is 9.57. The third-order valence-electron chi connectivity index (χ3n) is 8.77. The highest BCUT2D eigenvalue weighted by atomic mass is 19.1. The zero-order valence-corrected chi connectivity index (χ0v) is 24.1. The molecule has 1 aliphatic carbocycles. The summed E-state index contributed by atoms with van der Waals surface area (Å²) in [5.41, 5.74) is 4.41. The van der Waals surface area contributed by atoms with E-state index in [0.29, 0.717) is 12.3 Å². The second kappa shape index (κ2) is 11.7. The molecule has 6 heteroatoms. The van der Waals surface area contributed by atoms with Crippen LogP contribution in [0.15, 0.2) is 42.5 Å². The van der Waals surface area contributed by atoms with Gasteiger partial charge in [-0.15, -0.1) is 0 Å². The van der Waals surface area contributed by atoms with E-state index in [1.165, 1.54) is 11.1 Å². The van der Waals surface area contributed by atoms with E-state index in [2.05, 4.69) is 57.8 Å². The van der Waals surface area contributed by atoms with Crippen molar-refractivity contribution in [3.8, 4) is 0 Å². The minimum Gasteiger partial charge on any atom is -0.377 e. The number of imidazole rings is 1. The van der Waals surface area contributed by atoms with Crippen molar-refractivity contribution in [1.29, 1.82) is 0 Å². The highest BCUT2D eigenvalue weighted by Gasteiger charge is 2.46. The molecule has 1 aliphatic rings. The topological polar surface area (TPSA) is 44.1 Å². The van der Waals surface area contributed by atoms with Gasteiger partial charge in [-0.1, -0.05) is 32.0 Å². The van der Waals surface area contributed by atoms with Crippen LogP contribution in [-0.4, -0.2) is 60.7 Å². The molecular formula is C32H45FN3O2+. The summed E-state index contributed by atoms with van der Waals surface area (Å²) >= 11 is 0. The molecule has 206 valence electrons. The third kappa shape index (κ3) is 6.18. The Labute approximate surface area is 227 Å². The van der Waals surface area contributed by atoms with Gasteiger partial charge in [0.1, 0.15) is 18.2 Å². The number of carbonyl (C=O) groups excluding carboxylic acids is 1. The molecule has 0 fully saturated rings. The molecular weight excluding hydrogens is 477 g/mol. The molecule has 0 spiro atoms. The first-order valence-electron chi connectivity index (χ1n) is 14.1. The molecule has 38 heavy (non-hydrogen) atoms. The highest BCUT2D eigenvalue weighted by molar-refractivity contribution is 5.80. The van der Waals surface area contributed by atoms with E-state index < -0.39 is 0 Å². The van der Waals surface area contributed by atoms with Crippen LogP contribution in [0.4, 0.5) is 4.39 Å². The summed E-state index contributed by atoms with van der Waals surface area (Å²) in [6, 6.07) is 13.6. The minimum absolute atomic E-state index is 0.151. The Morgan fingerprint density at radius 3 is 2.68 bits per heavy atom. The molecule has 1 heterocycles. The average Bonchev–Trinajstić information content (AvgIpc) is 3.18. The zero-order chi connectivity index (χ0) is 27.5. The molecule has 2 unspecified atom stereocenters. The quantitative estimate of drug-likeness (QED) is 0.271. The van der Waals surface area contributed by atoms with Gasteiger partial charge < -0.3 is 13.8 Å². The summed E-state index contributed by atoms with van der Waals surface area (Å²) in [6.07, 6.45) is 5.19. The molecule has 0 amide bonds. The molecule has 0 radical (unpaired) electrons. The number of aryl methyl sites for hydroxylation is 3. The van der Waals surface area contributed by atoms with Crippen molar-refractivity contribution >= 4 is 16.8 Å². The van der Waals surface area contributed by atoms with E-state index in [9.17, 15) is 9.18 Å². The number of ketones is 1. The Morgan fingerprint density at radius 1 is 1.21 bits per heavy atom. The number of benzene rings is 2. The molecule has 0 bridgehead atoms. The summed E-state index contributed by atoms with van der Waals surface area (Å²) in [7, 11) is 8.30. The summed E-state index contributed by atoms with van der Waals surface area (Å²) in [4.78, 5) is 17.9. The molecule has 2 atom stereocenters. The van der Waals surface area contributed by atoms with Crippen molar-refractivity contribution in [2.24, 2.45) is 18.4 Å². The molecule has 0 N–H and O–H groups in total. The number of para-hydroxylation sites is 2. The first-order valence-corrected chi connectivity index (χ1v) is 14.1. The van der Waals surface area contributed by atoms with Crippen LogP contribution >= 0.6 is 0 Å². The van der Waals surface area contributed by atoms with E-state index in [1.807, 2.05) is 12.1 Å². The number of hydrogen-bond donors (Lipinski definition) is 0. The summed E-state index contributed by atoms with van der Waals surface area (Å²) in [6.45, 7) is 6.67. The standard InChI is InChI=1S/C32H45FN3O2/c1-23(2)31-27-14-13-25(33)20-24(27)15-16-32(31,21-26(37)22-38-6)17-19-36(4,5)18-9-12-30-34-28-10-7-8-11-29(28)35(30)3/h7-8,10-11,13-14,20,23,31H,9,12,15-19,21-22H2,1-6H3/q+1. The maximum atomic E-state index is 14.1. The van der Waals surface area contributed by atoms with Crippen molar-refractivity contribution in [2.75, 3.05) is 40.9 Å². The second-order valence-electron chi connectivity index (χ2n) is 12.4. The number of nitrogens with zero attached hydrogens (tertiary/aromatic N) is 3. The molecule has 0 saturated heterocycles. The van der Waals surface area contributed by atoms with Gasteiger partial charge in [-0.2, -0.15) is 0 Å². The molecule has 4 rings (SSSR count). The number of aromatic nitrogens is 2. The largest absolute Gasteiger partial charge is 0.377 e. The van der Waals surface area contributed by atoms with Crippen molar-refractivity contribution in [1.82, 2.24) is 9.55 Å². The number of carbonyl (C=O) groups is 1. The van der Waals surface area contributed by atoms with Crippen molar-refractivity contribution in [3.63, 3.8) is 0 Å². The lowest BCUT2D eigenvalue weighted by Crippen LogP contribution is -2.47. The van der Waals surface area contributed by atoms with Crippen molar-refractivity contribution < 1.29 is 18.4 Å². The Hall–Kier alpha value is -2.57. The average molecular weight is 523 g/mol. The van der Waals surface area contributed by atoms with Crippen LogP contribution in [0, 0.1) is 17.2 Å². The minimum atomic E-state index is -0.173. The molecule has 2 aromatic carbocycles. The first-order chi connectivity index (χ1) is 18.0. The summed E-state index contributed by atoms with van der Waals surface area (Å²) in [5.74, 6) is 1.68. The van der Waals surface area contributed by atoms with Crippen LogP contribution in [0.5, 0.6) is 0 Å². The van der Waals surface area contributed by atoms with Gasteiger partial charge in [0.2, 0.25) is 0 Å². The van der Waals surface area contributed by atoms with E-state index in [4.69, 9.17) is 9.72 Å². The molecule has 0 saturated carbocycles. The zero-order valence-electron chi connectivity index (χ0n) is 24.1. The van der Waals surface area contributed by atoms with Gasteiger partial charge in [0, 0.05) is 39.8 Å². The number of Topliss-reactive ketones (excluding diaryl/α,β-unsaturated/α-hetero) is 1. The molecule has 0 aliphatic heterocycles. The third-order valence-corrected chi connectivity index (χ3v) is 8.77. The van der Waals surface area contributed by atoms with Crippen LogP contribution in [-0.2, 0) is 29.4 Å². The second-order valence-corrected chi connectivity index (χ2v) is 12.4. The Balaban J connectivity index is 1.50. The van der Waals surface area contributed by atoms with E-state index in [0.717, 1.165) is 66.6 Å². The number of quaternary nitrogens is 1. The first kappa shape index (κ1) is 28.4. The van der Waals surface area contributed by atoms with Crippen LogP contribution in [0.25, 0.3) is 11.0 Å². The van der Waals surface area contributed by atoms with Gasteiger partial charge in [0.15, 0.2) is 5.78 Å². The van der Waals surface area contributed by atoms with Crippen LogP contribution < -0.4 is 0 Å². The predicted octanol–water partition coefficient (Wildman–Crippen LogP) is 6.09.